The first-order valence-electron chi connectivity index (χ1n) is 5.73. The number of aromatic carboxylic acids is 1. The number of carboxylic acids is 1. The third-order valence-electron chi connectivity index (χ3n) is 2.93. The van der Waals surface area contributed by atoms with Crippen molar-refractivity contribution in [1.82, 2.24) is 9.38 Å². The Bertz CT molecular complexity index is 827. The van der Waals surface area contributed by atoms with E-state index >= 15 is 0 Å². The molecule has 0 aliphatic heterocycles. The Balaban J connectivity index is 2.20. The van der Waals surface area contributed by atoms with E-state index in [1.54, 1.807) is 12.1 Å². The van der Waals surface area contributed by atoms with Crippen LogP contribution in [0.4, 0.5) is 8.78 Å². The van der Waals surface area contributed by atoms with Gasteiger partial charge in [0.2, 0.25) is 0 Å². The average Bonchev–Trinajstić information content (AvgIpc) is 2.85. The molecule has 20 heavy (non-hydrogen) atoms. The molecule has 1 aromatic carbocycles. The van der Waals surface area contributed by atoms with Crippen LogP contribution in [0.25, 0.3) is 16.9 Å². The molecule has 0 aliphatic rings. The lowest BCUT2D eigenvalue weighted by Gasteiger charge is -1.98. The third-order valence-corrected chi connectivity index (χ3v) is 2.93. The minimum atomic E-state index is -1.09. The molecular weight excluding hydrogens is 266 g/mol. The minimum absolute atomic E-state index is 0.0452. The summed E-state index contributed by atoms with van der Waals surface area (Å²) >= 11 is 0. The maximum atomic E-state index is 13.2. The number of hydrogen-bond donors (Lipinski definition) is 1. The van der Waals surface area contributed by atoms with Crippen molar-refractivity contribution in [2.75, 3.05) is 0 Å². The van der Waals surface area contributed by atoms with E-state index in [0.717, 1.165) is 12.1 Å². The Labute approximate surface area is 111 Å². The van der Waals surface area contributed by atoms with Gasteiger partial charge in [-0.1, -0.05) is 6.07 Å². The van der Waals surface area contributed by atoms with Gasteiger partial charge in [-0.25, -0.2) is 18.6 Å². The van der Waals surface area contributed by atoms with Crippen LogP contribution in [0.2, 0.25) is 0 Å². The summed E-state index contributed by atoms with van der Waals surface area (Å²) in [5, 5.41) is 9.08. The molecule has 2 aromatic heterocycles. The zero-order valence-electron chi connectivity index (χ0n) is 10.0. The lowest BCUT2D eigenvalue weighted by Crippen LogP contribution is -2.03. The summed E-state index contributed by atoms with van der Waals surface area (Å²) in [5.41, 5.74) is 1.22. The quantitative estimate of drug-likeness (QED) is 0.781. The highest BCUT2D eigenvalue weighted by Gasteiger charge is 2.12. The zero-order valence-corrected chi connectivity index (χ0v) is 10.0. The Morgan fingerprint density at radius 3 is 2.65 bits per heavy atom. The molecule has 0 saturated carbocycles. The third kappa shape index (κ3) is 1.91. The standard InChI is InChI=1S/C14H8F2N2O2/c15-9-5-4-8(6-10(9)16)11-7-18-12(14(19)20)2-1-3-13(18)17-11/h1-7H,(H,19,20). The minimum Gasteiger partial charge on any atom is -0.477 e. The molecular formula is C14H8F2N2O2. The van der Waals surface area contributed by atoms with Gasteiger partial charge in [0.25, 0.3) is 0 Å². The monoisotopic (exact) mass is 274 g/mol. The molecule has 0 spiro atoms. The molecule has 3 aromatic rings. The van der Waals surface area contributed by atoms with E-state index in [-0.39, 0.29) is 5.69 Å². The lowest BCUT2D eigenvalue weighted by atomic mass is 10.1. The number of fused-ring (bicyclic) bond motifs is 1. The molecule has 6 heteroatoms. The number of hydrogen-bond acceptors (Lipinski definition) is 2. The zero-order chi connectivity index (χ0) is 14.3. The predicted octanol–water partition coefficient (Wildman–Crippen LogP) is 2.98. The van der Waals surface area contributed by atoms with E-state index < -0.39 is 17.6 Å². The van der Waals surface area contributed by atoms with Crippen LogP contribution in [0.5, 0.6) is 0 Å². The fourth-order valence-electron chi connectivity index (χ4n) is 1.98. The summed E-state index contributed by atoms with van der Waals surface area (Å²) in [6.45, 7) is 0. The molecule has 1 N–H and O–H groups in total. The van der Waals surface area contributed by atoms with Gasteiger partial charge in [0.05, 0.1) is 5.69 Å². The van der Waals surface area contributed by atoms with Gasteiger partial charge in [-0.3, -0.25) is 4.40 Å². The van der Waals surface area contributed by atoms with E-state index in [1.165, 1.54) is 22.7 Å². The van der Waals surface area contributed by atoms with Crippen LogP contribution in [0.3, 0.4) is 0 Å². The number of rotatable bonds is 2. The first-order valence-corrected chi connectivity index (χ1v) is 5.73. The second-order valence-electron chi connectivity index (χ2n) is 4.20. The van der Waals surface area contributed by atoms with Crippen LogP contribution >= 0.6 is 0 Å². The van der Waals surface area contributed by atoms with E-state index in [9.17, 15) is 13.6 Å². The molecule has 100 valence electrons. The largest absolute Gasteiger partial charge is 0.477 e. The van der Waals surface area contributed by atoms with Crippen molar-refractivity contribution in [3.05, 3.63) is 59.9 Å². The number of aromatic nitrogens is 2. The van der Waals surface area contributed by atoms with Gasteiger partial charge < -0.3 is 5.11 Å². The van der Waals surface area contributed by atoms with E-state index in [4.69, 9.17) is 5.11 Å². The maximum absolute atomic E-state index is 13.2. The molecule has 2 heterocycles. The van der Waals surface area contributed by atoms with Crippen molar-refractivity contribution < 1.29 is 18.7 Å². The van der Waals surface area contributed by atoms with Gasteiger partial charge in [-0.2, -0.15) is 0 Å². The van der Waals surface area contributed by atoms with Crippen molar-refractivity contribution in [1.29, 1.82) is 0 Å². The second-order valence-corrected chi connectivity index (χ2v) is 4.20. The molecule has 3 rings (SSSR count). The summed E-state index contributed by atoms with van der Waals surface area (Å²) in [7, 11) is 0. The van der Waals surface area contributed by atoms with E-state index in [0.29, 0.717) is 16.9 Å². The van der Waals surface area contributed by atoms with Crippen molar-refractivity contribution in [3.8, 4) is 11.3 Å². The van der Waals surface area contributed by atoms with Gasteiger partial charge in [0.15, 0.2) is 11.6 Å². The normalized spacial score (nSPS) is 10.9. The number of imidazole rings is 1. The Morgan fingerprint density at radius 1 is 1.15 bits per heavy atom. The summed E-state index contributed by atoms with van der Waals surface area (Å²) in [6, 6.07) is 8.06. The SMILES string of the molecule is O=C(O)c1cccc2nc(-c3ccc(F)c(F)c3)cn12. The number of carboxylic acid groups (broad SMARTS) is 1. The Hall–Kier alpha value is -2.76. The number of benzene rings is 1. The number of nitrogens with zero attached hydrogens (tertiary/aromatic N) is 2. The molecule has 0 fully saturated rings. The molecule has 0 saturated heterocycles. The number of carbonyl (C=O) groups is 1. The predicted molar refractivity (Wildman–Crippen MR) is 67.5 cm³/mol. The first kappa shape index (κ1) is 12.3. The molecule has 0 atom stereocenters. The van der Waals surface area contributed by atoms with E-state index in [2.05, 4.69) is 4.98 Å². The van der Waals surface area contributed by atoms with Crippen LogP contribution in [0.1, 0.15) is 10.5 Å². The summed E-state index contributed by atoms with van der Waals surface area (Å²) in [5.74, 6) is -3.01. The molecule has 0 radical (unpaired) electrons. The van der Waals surface area contributed by atoms with Crippen LogP contribution < -0.4 is 0 Å². The van der Waals surface area contributed by atoms with Crippen LogP contribution in [0, 0.1) is 11.6 Å². The number of halogens is 2. The highest BCUT2D eigenvalue weighted by Crippen LogP contribution is 2.22. The van der Waals surface area contributed by atoms with E-state index in [1.807, 2.05) is 0 Å². The second kappa shape index (κ2) is 4.41. The Kier molecular flexibility index (Phi) is 2.71. The van der Waals surface area contributed by atoms with Gasteiger partial charge >= 0.3 is 5.97 Å². The number of pyridine rings is 1. The highest BCUT2D eigenvalue weighted by atomic mass is 19.2. The van der Waals surface area contributed by atoms with Crippen LogP contribution in [-0.2, 0) is 0 Å². The summed E-state index contributed by atoms with van der Waals surface area (Å²) < 4.78 is 27.5. The summed E-state index contributed by atoms with van der Waals surface area (Å²) in [4.78, 5) is 15.3. The molecule has 0 amide bonds. The first-order chi connectivity index (χ1) is 9.56. The average molecular weight is 274 g/mol. The van der Waals surface area contributed by atoms with Gasteiger partial charge in [-0.15, -0.1) is 0 Å². The molecule has 0 aliphatic carbocycles. The van der Waals surface area contributed by atoms with Crippen LogP contribution in [-0.4, -0.2) is 20.5 Å². The van der Waals surface area contributed by atoms with Crippen molar-refractivity contribution >= 4 is 11.6 Å². The van der Waals surface area contributed by atoms with Crippen molar-refractivity contribution in [2.45, 2.75) is 0 Å². The maximum Gasteiger partial charge on any atom is 0.352 e. The van der Waals surface area contributed by atoms with Crippen molar-refractivity contribution in [3.63, 3.8) is 0 Å². The molecule has 0 bridgehead atoms. The summed E-state index contributed by atoms with van der Waals surface area (Å²) in [6.07, 6.45) is 1.48. The fourth-order valence-corrected chi connectivity index (χ4v) is 1.98. The van der Waals surface area contributed by atoms with Gasteiger partial charge in [-0.05, 0) is 30.3 Å². The fraction of sp³-hybridized carbons (Fsp3) is 0. The molecule has 4 nitrogen and oxygen atoms in total. The lowest BCUT2D eigenvalue weighted by molar-refractivity contribution is 0.0689. The topological polar surface area (TPSA) is 54.6 Å². The highest BCUT2D eigenvalue weighted by molar-refractivity contribution is 5.87. The van der Waals surface area contributed by atoms with Gasteiger partial charge in [0, 0.05) is 11.8 Å². The van der Waals surface area contributed by atoms with Gasteiger partial charge in [0.1, 0.15) is 11.3 Å². The smallest absolute Gasteiger partial charge is 0.352 e. The van der Waals surface area contributed by atoms with Crippen LogP contribution in [0.15, 0.2) is 42.6 Å². The Morgan fingerprint density at radius 2 is 1.95 bits per heavy atom. The van der Waals surface area contributed by atoms with Crippen molar-refractivity contribution in [2.24, 2.45) is 0 Å². The molecule has 0 unspecified atom stereocenters.